The van der Waals surface area contributed by atoms with E-state index in [-0.39, 0.29) is 0 Å². The number of nitrogens with zero attached hydrogens (tertiary/aromatic N) is 1. The van der Waals surface area contributed by atoms with Crippen LogP contribution in [0.1, 0.15) is 5.69 Å². The summed E-state index contributed by atoms with van der Waals surface area (Å²) < 4.78 is 0. The molecule has 0 atom stereocenters. The van der Waals surface area contributed by atoms with Gasteiger partial charge in [0.1, 0.15) is 0 Å². The van der Waals surface area contributed by atoms with Gasteiger partial charge in [0.15, 0.2) is 0 Å². The van der Waals surface area contributed by atoms with E-state index >= 15 is 0 Å². The molecule has 0 amide bonds. The molecule has 0 aliphatic rings. The van der Waals surface area contributed by atoms with Gasteiger partial charge in [0.05, 0.1) is 5.69 Å². The molecular formula is C9H7N2O2. The maximum absolute atomic E-state index is 10.2. The summed E-state index contributed by atoms with van der Waals surface area (Å²) >= 11 is 0. The topological polar surface area (TPSA) is 58.9 Å². The molecular weight excluding hydrogens is 168 g/mol. The van der Waals surface area contributed by atoms with Crippen molar-refractivity contribution in [2.24, 2.45) is 0 Å². The molecule has 13 heavy (non-hydrogen) atoms. The summed E-state index contributed by atoms with van der Waals surface area (Å²) in [5.74, 6) is 0. The number of aromatic nitrogens is 1. The quantitative estimate of drug-likeness (QED) is 0.560. The number of rotatable bonds is 2. The van der Waals surface area contributed by atoms with Gasteiger partial charge in [-0.3, -0.25) is 10.1 Å². The first-order valence-electron chi connectivity index (χ1n) is 3.82. The molecule has 4 nitrogen and oxygen atoms in total. The van der Waals surface area contributed by atoms with Crippen LogP contribution in [0.5, 0.6) is 0 Å². The minimum atomic E-state index is -0.468. The van der Waals surface area contributed by atoms with Crippen molar-refractivity contribution >= 4 is 10.9 Å². The van der Waals surface area contributed by atoms with Gasteiger partial charge in [0.25, 0.3) is 0 Å². The Kier molecular flexibility index (Phi) is 1.73. The number of para-hydroxylation sites is 1. The molecule has 0 saturated heterocycles. The van der Waals surface area contributed by atoms with Crippen LogP contribution in [0.4, 0.5) is 0 Å². The Hall–Kier alpha value is -1.84. The van der Waals surface area contributed by atoms with E-state index in [2.05, 4.69) is 4.98 Å². The van der Waals surface area contributed by atoms with Crippen molar-refractivity contribution in [1.82, 2.24) is 4.98 Å². The number of aromatic amines is 1. The van der Waals surface area contributed by atoms with E-state index in [0.29, 0.717) is 5.69 Å². The molecule has 1 aromatic heterocycles. The Morgan fingerprint density at radius 3 is 2.85 bits per heavy atom. The van der Waals surface area contributed by atoms with Gasteiger partial charge in [-0.1, -0.05) is 18.2 Å². The first-order valence-corrected chi connectivity index (χ1v) is 3.82. The van der Waals surface area contributed by atoms with Crippen LogP contribution >= 0.6 is 0 Å². The molecule has 0 bridgehead atoms. The second-order valence-electron chi connectivity index (χ2n) is 2.73. The standard InChI is InChI=1S/C9H7N2O2/c12-11(13)6-8-5-7-3-1-2-4-9(7)10-8/h1-6,10H. The summed E-state index contributed by atoms with van der Waals surface area (Å²) in [6.45, 7) is 0.958. The van der Waals surface area contributed by atoms with Gasteiger partial charge in [0.2, 0.25) is 0 Å². The van der Waals surface area contributed by atoms with Crippen molar-refractivity contribution in [3.05, 3.63) is 52.7 Å². The summed E-state index contributed by atoms with van der Waals surface area (Å²) in [7, 11) is 0. The third-order valence-corrected chi connectivity index (χ3v) is 1.80. The van der Waals surface area contributed by atoms with Gasteiger partial charge < -0.3 is 4.98 Å². The minimum Gasteiger partial charge on any atom is -0.353 e. The van der Waals surface area contributed by atoms with E-state index in [0.717, 1.165) is 17.4 Å². The second-order valence-corrected chi connectivity index (χ2v) is 2.73. The van der Waals surface area contributed by atoms with Crippen LogP contribution in [0.25, 0.3) is 10.9 Å². The maximum Gasteiger partial charge on any atom is 0.324 e. The van der Waals surface area contributed by atoms with Gasteiger partial charge in [-0.15, -0.1) is 0 Å². The number of H-pyrrole nitrogens is 1. The molecule has 1 N–H and O–H groups in total. The van der Waals surface area contributed by atoms with E-state index in [9.17, 15) is 10.1 Å². The van der Waals surface area contributed by atoms with Crippen LogP contribution in [0, 0.1) is 16.7 Å². The SMILES string of the molecule is O=[N+]([O-])[CH]c1cc2ccccc2[nH]1. The average molecular weight is 175 g/mol. The number of nitrogens with one attached hydrogen (secondary N) is 1. The molecule has 0 unspecified atom stereocenters. The average Bonchev–Trinajstić information content (AvgIpc) is 2.44. The third-order valence-electron chi connectivity index (χ3n) is 1.80. The third kappa shape index (κ3) is 1.51. The highest BCUT2D eigenvalue weighted by atomic mass is 16.6. The van der Waals surface area contributed by atoms with Gasteiger partial charge in [-0.05, 0) is 17.5 Å². The molecule has 0 saturated carbocycles. The number of benzene rings is 1. The molecule has 2 aromatic rings. The molecule has 1 heterocycles. The maximum atomic E-state index is 10.2. The summed E-state index contributed by atoms with van der Waals surface area (Å²) in [5, 5.41) is 11.2. The molecule has 1 aromatic carbocycles. The Labute approximate surface area is 74.3 Å². The van der Waals surface area contributed by atoms with E-state index in [1.165, 1.54) is 0 Å². The molecule has 4 heteroatoms. The Bertz CT molecular complexity index is 415. The summed E-state index contributed by atoms with van der Waals surface area (Å²) in [6, 6.07) is 9.31. The van der Waals surface area contributed by atoms with E-state index < -0.39 is 4.92 Å². The van der Waals surface area contributed by atoms with Gasteiger partial charge in [-0.2, -0.15) is 0 Å². The van der Waals surface area contributed by atoms with Crippen molar-refractivity contribution in [2.45, 2.75) is 0 Å². The predicted molar refractivity (Wildman–Crippen MR) is 48.7 cm³/mol. The molecule has 0 fully saturated rings. The fourth-order valence-electron chi connectivity index (χ4n) is 1.28. The molecule has 65 valence electrons. The van der Waals surface area contributed by atoms with E-state index in [1.54, 1.807) is 6.07 Å². The van der Waals surface area contributed by atoms with Crippen molar-refractivity contribution in [3.63, 3.8) is 0 Å². The van der Waals surface area contributed by atoms with Gasteiger partial charge in [0, 0.05) is 10.4 Å². The predicted octanol–water partition coefficient (Wildman–Crippen LogP) is 1.95. The molecule has 0 aliphatic carbocycles. The van der Waals surface area contributed by atoms with Crippen molar-refractivity contribution in [1.29, 1.82) is 0 Å². The number of hydrogen-bond acceptors (Lipinski definition) is 2. The molecule has 2 rings (SSSR count). The van der Waals surface area contributed by atoms with Crippen molar-refractivity contribution in [2.75, 3.05) is 0 Å². The number of hydrogen-bond donors (Lipinski definition) is 1. The Morgan fingerprint density at radius 2 is 2.15 bits per heavy atom. The van der Waals surface area contributed by atoms with Crippen LogP contribution in [-0.2, 0) is 0 Å². The second kappa shape index (κ2) is 2.90. The molecule has 0 spiro atoms. The number of nitro groups is 1. The zero-order valence-electron chi connectivity index (χ0n) is 6.73. The summed E-state index contributed by atoms with van der Waals surface area (Å²) in [6.07, 6.45) is 0. The van der Waals surface area contributed by atoms with Crippen LogP contribution in [0.2, 0.25) is 0 Å². The minimum absolute atomic E-state index is 0.468. The van der Waals surface area contributed by atoms with Crippen molar-refractivity contribution < 1.29 is 4.92 Å². The van der Waals surface area contributed by atoms with Crippen LogP contribution < -0.4 is 0 Å². The highest BCUT2D eigenvalue weighted by Crippen LogP contribution is 2.15. The highest BCUT2D eigenvalue weighted by Gasteiger charge is 2.06. The van der Waals surface area contributed by atoms with E-state index in [1.807, 2.05) is 24.3 Å². The van der Waals surface area contributed by atoms with Crippen LogP contribution in [0.15, 0.2) is 30.3 Å². The fraction of sp³-hybridized carbons (Fsp3) is 0. The first-order chi connectivity index (χ1) is 6.25. The lowest BCUT2D eigenvalue weighted by Gasteiger charge is -1.85. The zero-order chi connectivity index (χ0) is 9.26. The number of fused-ring (bicyclic) bond motifs is 1. The lowest BCUT2D eigenvalue weighted by Crippen LogP contribution is -1.94. The molecule has 0 aliphatic heterocycles. The summed E-state index contributed by atoms with van der Waals surface area (Å²) in [5.41, 5.74) is 1.43. The fourth-order valence-corrected chi connectivity index (χ4v) is 1.28. The largest absolute Gasteiger partial charge is 0.353 e. The Balaban J connectivity index is 2.44. The van der Waals surface area contributed by atoms with Crippen LogP contribution in [-0.4, -0.2) is 9.91 Å². The van der Waals surface area contributed by atoms with E-state index in [4.69, 9.17) is 0 Å². The van der Waals surface area contributed by atoms with Gasteiger partial charge >= 0.3 is 6.54 Å². The zero-order valence-corrected chi connectivity index (χ0v) is 6.73. The Morgan fingerprint density at radius 1 is 1.38 bits per heavy atom. The monoisotopic (exact) mass is 175 g/mol. The molecule has 1 radical (unpaired) electrons. The smallest absolute Gasteiger partial charge is 0.324 e. The van der Waals surface area contributed by atoms with Gasteiger partial charge in [-0.25, -0.2) is 0 Å². The lowest BCUT2D eigenvalue weighted by molar-refractivity contribution is -0.430. The summed E-state index contributed by atoms with van der Waals surface area (Å²) in [4.78, 5) is 12.6. The normalized spacial score (nSPS) is 10.5. The lowest BCUT2D eigenvalue weighted by atomic mass is 10.2. The van der Waals surface area contributed by atoms with Crippen LogP contribution in [0.3, 0.4) is 0 Å². The van der Waals surface area contributed by atoms with Crippen molar-refractivity contribution in [3.8, 4) is 0 Å². The first kappa shape index (κ1) is 7.79. The highest BCUT2D eigenvalue weighted by molar-refractivity contribution is 5.80.